The molecule has 0 fully saturated rings. The average molecular weight is 168 g/mol. The summed E-state index contributed by atoms with van der Waals surface area (Å²) >= 11 is 4.14. The molecule has 0 aromatic carbocycles. The van der Waals surface area contributed by atoms with Gasteiger partial charge in [-0.3, -0.25) is 0 Å². The first kappa shape index (κ1) is 8.40. The molecule has 0 bridgehead atoms. The van der Waals surface area contributed by atoms with Gasteiger partial charge in [0, 0.05) is 25.5 Å². The highest BCUT2D eigenvalue weighted by atomic mass is 32.1. The summed E-state index contributed by atoms with van der Waals surface area (Å²) < 4.78 is 0. The number of nitrogens with zero attached hydrogens (tertiary/aromatic N) is 2. The molecule has 0 aliphatic heterocycles. The van der Waals surface area contributed by atoms with Crippen LogP contribution in [-0.2, 0) is 0 Å². The van der Waals surface area contributed by atoms with E-state index in [0.717, 1.165) is 18.1 Å². The summed E-state index contributed by atoms with van der Waals surface area (Å²) in [6.07, 6.45) is 1.80. The Balaban J connectivity index is 2.61. The second-order valence-electron chi connectivity index (χ2n) is 2.33. The van der Waals surface area contributed by atoms with Crippen LogP contribution in [0.2, 0.25) is 0 Å². The number of anilines is 1. The Hall–Kier alpha value is -0.700. The highest BCUT2D eigenvalue weighted by molar-refractivity contribution is 7.80. The minimum atomic E-state index is 0.854. The predicted molar refractivity (Wildman–Crippen MR) is 51.4 cm³/mol. The van der Waals surface area contributed by atoms with Crippen LogP contribution in [0.5, 0.6) is 0 Å². The third-order valence-corrected chi connectivity index (χ3v) is 1.68. The van der Waals surface area contributed by atoms with Crippen molar-refractivity contribution in [2.45, 2.75) is 0 Å². The molecule has 0 N–H and O–H groups in total. The molecule has 0 unspecified atom stereocenters. The van der Waals surface area contributed by atoms with Crippen molar-refractivity contribution in [3.05, 3.63) is 24.4 Å². The molecule has 0 radical (unpaired) electrons. The predicted octanol–water partition coefficient (Wildman–Crippen LogP) is 1.45. The van der Waals surface area contributed by atoms with Crippen molar-refractivity contribution in [1.82, 2.24) is 4.98 Å². The standard InChI is InChI=1S/C8H12N2S/c1-10(6-7-11)8-4-2-3-5-9-8/h2-5,11H,6-7H2,1H3. The zero-order valence-corrected chi connectivity index (χ0v) is 7.46. The molecule has 0 amide bonds. The second-order valence-corrected chi connectivity index (χ2v) is 2.78. The Morgan fingerprint density at radius 3 is 2.91 bits per heavy atom. The lowest BCUT2D eigenvalue weighted by atomic mass is 10.4. The van der Waals surface area contributed by atoms with E-state index in [1.807, 2.05) is 25.2 Å². The van der Waals surface area contributed by atoms with Gasteiger partial charge >= 0.3 is 0 Å². The molecular formula is C8H12N2S. The molecule has 1 heterocycles. The van der Waals surface area contributed by atoms with Crippen molar-refractivity contribution >= 4 is 18.4 Å². The Morgan fingerprint density at radius 2 is 2.36 bits per heavy atom. The molecule has 3 heteroatoms. The number of pyridine rings is 1. The highest BCUT2D eigenvalue weighted by Crippen LogP contribution is 2.05. The van der Waals surface area contributed by atoms with E-state index >= 15 is 0 Å². The lowest BCUT2D eigenvalue weighted by molar-refractivity contribution is 0.948. The Labute approximate surface area is 72.7 Å². The van der Waals surface area contributed by atoms with Gasteiger partial charge in [0.05, 0.1) is 0 Å². The number of rotatable bonds is 3. The van der Waals surface area contributed by atoms with E-state index in [1.165, 1.54) is 0 Å². The third kappa shape index (κ3) is 2.42. The molecule has 1 rings (SSSR count). The van der Waals surface area contributed by atoms with E-state index in [1.54, 1.807) is 6.20 Å². The van der Waals surface area contributed by atoms with Crippen LogP contribution < -0.4 is 4.90 Å². The van der Waals surface area contributed by atoms with Gasteiger partial charge in [-0.15, -0.1) is 0 Å². The molecule has 1 aromatic heterocycles. The Bertz CT molecular complexity index is 201. The molecule has 2 nitrogen and oxygen atoms in total. The summed E-state index contributed by atoms with van der Waals surface area (Å²) in [6.45, 7) is 0.931. The van der Waals surface area contributed by atoms with Crippen molar-refractivity contribution in [3.8, 4) is 0 Å². The summed E-state index contributed by atoms with van der Waals surface area (Å²) in [5.41, 5.74) is 0. The van der Waals surface area contributed by atoms with Crippen LogP contribution >= 0.6 is 12.6 Å². The van der Waals surface area contributed by atoms with Crippen molar-refractivity contribution in [1.29, 1.82) is 0 Å². The maximum absolute atomic E-state index is 4.19. The summed E-state index contributed by atoms with van der Waals surface area (Å²) in [6, 6.07) is 5.89. The van der Waals surface area contributed by atoms with Crippen molar-refractivity contribution in [3.63, 3.8) is 0 Å². The zero-order chi connectivity index (χ0) is 8.10. The molecule has 0 aliphatic carbocycles. The van der Waals surface area contributed by atoms with Gasteiger partial charge in [-0.2, -0.15) is 12.6 Å². The van der Waals surface area contributed by atoms with Crippen LogP contribution in [0.3, 0.4) is 0 Å². The maximum Gasteiger partial charge on any atom is 0.128 e. The quantitative estimate of drug-likeness (QED) is 0.688. The first-order chi connectivity index (χ1) is 5.34. The van der Waals surface area contributed by atoms with E-state index in [-0.39, 0.29) is 0 Å². The third-order valence-electron chi connectivity index (χ3n) is 1.48. The molecule has 1 aromatic rings. The van der Waals surface area contributed by atoms with Gasteiger partial charge in [-0.25, -0.2) is 4.98 Å². The lowest BCUT2D eigenvalue weighted by Crippen LogP contribution is -2.20. The van der Waals surface area contributed by atoms with E-state index in [0.29, 0.717) is 0 Å². The van der Waals surface area contributed by atoms with E-state index in [4.69, 9.17) is 0 Å². The Morgan fingerprint density at radius 1 is 1.55 bits per heavy atom. The van der Waals surface area contributed by atoms with E-state index in [9.17, 15) is 0 Å². The van der Waals surface area contributed by atoms with Crippen LogP contribution in [0.15, 0.2) is 24.4 Å². The number of hydrogen-bond acceptors (Lipinski definition) is 3. The maximum atomic E-state index is 4.19. The highest BCUT2D eigenvalue weighted by Gasteiger charge is 1.97. The second kappa shape index (κ2) is 4.23. The van der Waals surface area contributed by atoms with Crippen LogP contribution in [0, 0.1) is 0 Å². The number of hydrogen-bond donors (Lipinski definition) is 1. The minimum Gasteiger partial charge on any atom is -0.359 e. The fraction of sp³-hybridized carbons (Fsp3) is 0.375. The molecule has 0 saturated carbocycles. The smallest absolute Gasteiger partial charge is 0.128 e. The average Bonchev–Trinajstić information content (AvgIpc) is 2.07. The number of thiol groups is 1. The summed E-state index contributed by atoms with van der Waals surface area (Å²) in [5.74, 6) is 1.86. The van der Waals surface area contributed by atoms with Gasteiger partial charge in [-0.05, 0) is 12.1 Å². The van der Waals surface area contributed by atoms with Gasteiger partial charge in [-0.1, -0.05) is 6.07 Å². The molecule has 0 spiro atoms. The van der Waals surface area contributed by atoms with Crippen molar-refractivity contribution in [2.75, 3.05) is 24.2 Å². The van der Waals surface area contributed by atoms with Crippen LogP contribution in [0.1, 0.15) is 0 Å². The summed E-state index contributed by atoms with van der Waals surface area (Å²) in [7, 11) is 2.01. The monoisotopic (exact) mass is 168 g/mol. The lowest BCUT2D eigenvalue weighted by Gasteiger charge is -2.15. The first-order valence-electron chi connectivity index (χ1n) is 3.57. The van der Waals surface area contributed by atoms with E-state index in [2.05, 4.69) is 22.5 Å². The molecule has 0 aliphatic rings. The SMILES string of the molecule is CN(CCS)c1ccccn1. The topological polar surface area (TPSA) is 16.1 Å². The Kier molecular flexibility index (Phi) is 3.23. The van der Waals surface area contributed by atoms with Gasteiger partial charge in [0.15, 0.2) is 0 Å². The van der Waals surface area contributed by atoms with Crippen LogP contribution in [-0.4, -0.2) is 24.3 Å². The molecule has 0 atom stereocenters. The minimum absolute atomic E-state index is 0.854. The molecule has 60 valence electrons. The first-order valence-corrected chi connectivity index (χ1v) is 4.21. The normalized spacial score (nSPS) is 9.64. The molecule has 0 saturated heterocycles. The van der Waals surface area contributed by atoms with Gasteiger partial charge < -0.3 is 4.90 Å². The van der Waals surface area contributed by atoms with Crippen molar-refractivity contribution < 1.29 is 0 Å². The van der Waals surface area contributed by atoms with E-state index < -0.39 is 0 Å². The largest absolute Gasteiger partial charge is 0.359 e. The van der Waals surface area contributed by atoms with Gasteiger partial charge in [0.1, 0.15) is 5.82 Å². The van der Waals surface area contributed by atoms with Crippen LogP contribution in [0.4, 0.5) is 5.82 Å². The fourth-order valence-electron chi connectivity index (χ4n) is 0.844. The fourth-order valence-corrected chi connectivity index (χ4v) is 1.14. The summed E-state index contributed by atoms with van der Waals surface area (Å²) in [4.78, 5) is 6.27. The molecule has 11 heavy (non-hydrogen) atoms. The zero-order valence-electron chi connectivity index (χ0n) is 6.57. The van der Waals surface area contributed by atoms with Gasteiger partial charge in [0.2, 0.25) is 0 Å². The summed E-state index contributed by atoms with van der Waals surface area (Å²) in [5, 5.41) is 0. The van der Waals surface area contributed by atoms with Gasteiger partial charge in [0.25, 0.3) is 0 Å². The number of aromatic nitrogens is 1. The van der Waals surface area contributed by atoms with Crippen molar-refractivity contribution in [2.24, 2.45) is 0 Å². The molecular weight excluding hydrogens is 156 g/mol. The van der Waals surface area contributed by atoms with Crippen LogP contribution in [0.25, 0.3) is 0 Å².